The molecule has 19 nitrogen and oxygen atoms in total. The van der Waals surface area contributed by atoms with Gasteiger partial charge in [0.15, 0.2) is 5.82 Å². The minimum Gasteiger partial charge on any atom is -0.457 e. The third-order valence-corrected chi connectivity index (χ3v) is 22.0. The van der Waals surface area contributed by atoms with E-state index in [1.807, 2.05) is 110 Å². The van der Waals surface area contributed by atoms with Crippen LogP contribution in [0.4, 0.5) is 13.2 Å². The molecule has 0 fully saturated rings. The number of halogens is 4. The molecule has 2 aliphatic heterocycles. The van der Waals surface area contributed by atoms with Crippen LogP contribution in [-0.2, 0) is 48.7 Å². The molecule has 13 aromatic rings. The summed E-state index contributed by atoms with van der Waals surface area (Å²) in [6.07, 6.45) is 12.8. The van der Waals surface area contributed by atoms with Crippen LogP contribution in [0.1, 0.15) is 329 Å². The van der Waals surface area contributed by atoms with Gasteiger partial charge >= 0.3 is 12.1 Å². The summed E-state index contributed by atoms with van der Waals surface area (Å²) in [5.74, 6) is 6.28. The van der Waals surface area contributed by atoms with Crippen molar-refractivity contribution in [2.45, 2.75) is 285 Å². The second-order valence-electron chi connectivity index (χ2n) is 34.4. The first kappa shape index (κ1) is 100. The molecule has 0 spiro atoms. The van der Waals surface area contributed by atoms with Crippen molar-refractivity contribution >= 4 is 78.2 Å². The number of allylic oxidation sites excluding steroid dienone is 1. The van der Waals surface area contributed by atoms with Gasteiger partial charge in [0.1, 0.15) is 23.9 Å². The average molecular weight is 1730 g/mol. The summed E-state index contributed by atoms with van der Waals surface area (Å²) in [5.41, 5.74) is 21.9. The molecular formula is C100H130ClF3N16O3S. The first-order valence-corrected chi connectivity index (χ1v) is 44.5. The summed E-state index contributed by atoms with van der Waals surface area (Å²) in [6, 6.07) is 32.1. The van der Waals surface area contributed by atoms with Crippen molar-refractivity contribution in [2.24, 2.45) is 18.0 Å². The number of ether oxygens (including phenoxy) is 1. The number of thiazole rings is 1. The molecular weight excluding hydrogens is 1600 g/mol. The zero-order valence-corrected chi connectivity index (χ0v) is 79.7. The number of carbonyl (C=O) groups excluding carboxylic acids is 2. The number of pyridine rings is 2. The SMILES string of the molecule is CC(C)C1=NC(=O)CC=C1.CC(C)c1ccc2c(c1)C(=O)OC2.CC(C)c1ccncc1Cl.CCn1ncc2c(C(C)C)cccc21.Cc1cc(C(F)(F)F)nc(C(C)C)n1.Cc1cc2c(C(C)C)cccc2nn1.Cc1ccc2ncccc2c1C(C)C.Cc1csc2nc(C(C)C)nn12.Cc1nc(C(C)C)nc2c1CCC2.Cc1nn(C)cc1C(C)C. The number of nitrogens with zero attached hydrogens (tertiary/aromatic N) is 16. The van der Waals surface area contributed by atoms with Crippen LogP contribution < -0.4 is 0 Å². The molecule has 124 heavy (non-hydrogen) atoms. The van der Waals surface area contributed by atoms with E-state index in [0.29, 0.717) is 72.0 Å². The summed E-state index contributed by atoms with van der Waals surface area (Å²) >= 11 is 7.50. The van der Waals surface area contributed by atoms with Gasteiger partial charge in [-0.15, -0.1) is 11.3 Å². The van der Waals surface area contributed by atoms with Crippen LogP contribution in [-0.4, -0.2) is 91.8 Å². The van der Waals surface area contributed by atoms with Crippen LogP contribution in [0, 0.1) is 47.5 Å². The molecule has 16 rings (SSSR count). The van der Waals surface area contributed by atoms with Crippen LogP contribution >= 0.6 is 22.9 Å². The fraction of sp³-hybridized carbons (Fsp3) is 0.450. The molecule has 24 heteroatoms. The van der Waals surface area contributed by atoms with Gasteiger partial charge in [0, 0.05) is 112 Å². The maximum Gasteiger partial charge on any atom is 0.433 e. The van der Waals surface area contributed by atoms with Crippen LogP contribution in [0.25, 0.3) is 37.7 Å². The van der Waals surface area contributed by atoms with E-state index in [1.165, 1.54) is 91.8 Å². The van der Waals surface area contributed by atoms with E-state index in [4.69, 9.17) is 16.3 Å². The van der Waals surface area contributed by atoms with E-state index in [9.17, 15) is 22.8 Å². The van der Waals surface area contributed by atoms with Gasteiger partial charge < -0.3 is 4.74 Å². The smallest absolute Gasteiger partial charge is 0.433 e. The van der Waals surface area contributed by atoms with E-state index in [-0.39, 0.29) is 23.6 Å². The molecule has 9 aromatic heterocycles. The van der Waals surface area contributed by atoms with Crippen molar-refractivity contribution in [2.75, 3.05) is 0 Å². The minimum absolute atomic E-state index is 0.0220. The highest BCUT2D eigenvalue weighted by Gasteiger charge is 2.34. The van der Waals surface area contributed by atoms with Crippen molar-refractivity contribution in [3.8, 4) is 0 Å². The molecule has 0 N–H and O–H groups in total. The minimum atomic E-state index is -4.39. The van der Waals surface area contributed by atoms with Crippen LogP contribution in [0.5, 0.6) is 0 Å². The van der Waals surface area contributed by atoms with Crippen molar-refractivity contribution in [3.63, 3.8) is 0 Å². The predicted molar refractivity (Wildman–Crippen MR) is 503 cm³/mol. The quantitative estimate of drug-likeness (QED) is 0.110. The number of dihydropyridines is 1. The van der Waals surface area contributed by atoms with Gasteiger partial charge in [-0.25, -0.2) is 39.2 Å². The topological polar surface area (TPSA) is 225 Å². The third kappa shape index (κ3) is 28.7. The lowest BCUT2D eigenvalue weighted by Crippen LogP contribution is -2.12. The largest absolute Gasteiger partial charge is 0.457 e. The molecule has 0 bridgehead atoms. The highest BCUT2D eigenvalue weighted by atomic mass is 35.5. The zero-order chi connectivity index (χ0) is 91.7. The van der Waals surface area contributed by atoms with Gasteiger partial charge in [-0.05, 0) is 208 Å². The monoisotopic (exact) mass is 1730 g/mol. The van der Waals surface area contributed by atoms with Gasteiger partial charge in [0.05, 0.1) is 50.4 Å². The number of aromatic nitrogens is 15. The number of alkyl halides is 3. The number of rotatable bonds is 11. The standard InChI is InChI=1S/C13H15N.C12H14N2.C12H16N2.C11H16N2.C11H12O2.C9H11F3N2.C8H10ClN.C8H11N3S.C8H14N2.C8H11NO/c1-9(2)13-10(3)6-7-12-11(13)5-4-8-14-12;1-8(2)10-5-4-6-12-11(10)7-9(3)13-14-12;1-4-14-12-7-5-6-10(9(2)3)11(12)8-13-14;1-7(2)11-12-8(3)9-5-4-6-10(9)13-11;1-7(2)8-3-4-9-6-13-11(12)10(9)5-8;1-5(2)8-13-6(3)4-7(14-8)9(10,11)12;1-6(2)7-3-4-10-5-8(7)9;1-5(2)7-9-8-11(10-7)6(3)4-12-8;1-6(2)8-5-10(4)9-7(8)3;1-6(2)7-4-3-5-8(10)9-7/h4-9H,1-3H3;4-8H,1-3H3;5-9H,4H2,1-3H3;7H,4-6H2,1-3H3;3-5,7H,6H2,1-2H3;4-5H,1-3H3;3-6H,1-2H3;4-5H,1-3H3;5-6H,1-4H3;3-4,6H,5H2,1-2H3. The van der Waals surface area contributed by atoms with E-state index >= 15 is 0 Å². The molecule has 11 heterocycles. The molecule has 0 atom stereocenters. The second kappa shape index (κ2) is 46.9. The fourth-order valence-corrected chi connectivity index (χ4v) is 15.1. The Balaban J connectivity index is 0.000000190. The Morgan fingerprint density at radius 3 is 1.77 bits per heavy atom. The van der Waals surface area contributed by atoms with Crippen LogP contribution in [0.15, 0.2) is 151 Å². The zero-order valence-electron chi connectivity index (χ0n) is 78.2. The first-order chi connectivity index (χ1) is 58.5. The number of aliphatic imine (C=N–C) groups is 1. The third-order valence-electron chi connectivity index (χ3n) is 20.7. The normalized spacial score (nSPS) is 12.6. The van der Waals surface area contributed by atoms with E-state index < -0.39 is 11.9 Å². The fourth-order valence-electron chi connectivity index (χ4n) is 13.9. The lowest BCUT2D eigenvalue weighted by atomic mass is 9.94. The van der Waals surface area contributed by atoms with Gasteiger partial charge in [-0.3, -0.25) is 24.1 Å². The van der Waals surface area contributed by atoms with Gasteiger partial charge in [0.25, 0.3) is 0 Å². The summed E-state index contributed by atoms with van der Waals surface area (Å²) in [4.78, 5) is 56.0. The van der Waals surface area contributed by atoms with Crippen molar-refractivity contribution in [3.05, 3.63) is 264 Å². The van der Waals surface area contributed by atoms with E-state index in [2.05, 4.69) is 270 Å². The number of esters is 1. The first-order valence-electron chi connectivity index (χ1n) is 43.3. The highest BCUT2D eigenvalue weighted by molar-refractivity contribution is 7.15. The molecule has 0 saturated carbocycles. The Morgan fingerprint density at radius 1 is 0.565 bits per heavy atom. The molecule has 0 unspecified atom stereocenters. The predicted octanol–water partition coefficient (Wildman–Crippen LogP) is 26.2. The van der Waals surface area contributed by atoms with Crippen molar-refractivity contribution < 1.29 is 27.5 Å². The lowest BCUT2D eigenvalue weighted by molar-refractivity contribution is -0.141. The maximum atomic E-state index is 12.3. The van der Waals surface area contributed by atoms with E-state index in [1.54, 1.807) is 37.6 Å². The van der Waals surface area contributed by atoms with Crippen molar-refractivity contribution in [1.29, 1.82) is 0 Å². The molecule has 0 saturated heterocycles. The molecule has 1 amide bonds. The number of fused-ring (bicyclic) bond motifs is 6. The van der Waals surface area contributed by atoms with Gasteiger partial charge in [0.2, 0.25) is 10.9 Å². The number of aryl methyl sites for hydroxylation is 9. The number of carbonyl (C=O) groups is 2. The number of hydrogen-bond donors (Lipinski definition) is 0. The Bertz CT molecular complexity index is 5710. The van der Waals surface area contributed by atoms with Gasteiger partial charge in [-0.2, -0.15) is 38.7 Å². The van der Waals surface area contributed by atoms with Gasteiger partial charge in [-0.1, -0.05) is 205 Å². The molecule has 4 aromatic carbocycles. The Hall–Kier alpha value is -10.7. The molecule has 1 aliphatic carbocycles. The molecule has 662 valence electrons. The molecule has 3 aliphatic rings. The van der Waals surface area contributed by atoms with Crippen LogP contribution in [0.2, 0.25) is 5.02 Å². The number of amides is 1. The molecule has 0 radical (unpaired) electrons. The van der Waals surface area contributed by atoms with E-state index in [0.717, 1.165) is 91.2 Å². The number of hydrogen-bond acceptors (Lipinski definition) is 16. The Morgan fingerprint density at radius 2 is 1.22 bits per heavy atom. The Labute approximate surface area is 742 Å². The number of cyclic esters (lactones) is 1. The highest BCUT2D eigenvalue weighted by Crippen LogP contribution is 2.33. The lowest BCUT2D eigenvalue weighted by Gasteiger charge is -2.12. The number of benzene rings is 4. The van der Waals surface area contributed by atoms with Crippen molar-refractivity contribution in [1.82, 2.24) is 74.3 Å². The Kier molecular flexibility index (Phi) is 38.0. The van der Waals surface area contributed by atoms with Crippen LogP contribution in [0.3, 0.4) is 0 Å². The second-order valence-corrected chi connectivity index (χ2v) is 35.7. The summed E-state index contributed by atoms with van der Waals surface area (Å²) in [6.45, 7) is 57.6. The summed E-state index contributed by atoms with van der Waals surface area (Å²) in [7, 11) is 1.96. The maximum absolute atomic E-state index is 12.3. The average Bonchev–Trinajstić information content (AvgIpc) is 1.08. The summed E-state index contributed by atoms with van der Waals surface area (Å²) in [5, 5.41) is 27.9. The summed E-state index contributed by atoms with van der Waals surface area (Å²) < 4.78 is 47.7.